The van der Waals surface area contributed by atoms with Crippen molar-refractivity contribution < 1.29 is 23.3 Å². The number of halogens is 1. The van der Waals surface area contributed by atoms with Crippen LogP contribution in [0.3, 0.4) is 0 Å². The number of piperazine rings is 1. The van der Waals surface area contributed by atoms with Gasteiger partial charge in [0, 0.05) is 36.8 Å². The van der Waals surface area contributed by atoms with Crippen molar-refractivity contribution in [3.05, 3.63) is 59.2 Å². The minimum absolute atomic E-state index is 0.167. The minimum Gasteiger partial charge on any atom is -0.444 e. The first-order valence-electron chi connectivity index (χ1n) is 10.7. The van der Waals surface area contributed by atoms with Gasteiger partial charge in [-0.15, -0.1) is 0 Å². The van der Waals surface area contributed by atoms with Gasteiger partial charge in [-0.05, 0) is 70.0 Å². The number of allylic oxidation sites excluding steroid dienone is 1. The van der Waals surface area contributed by atoms with E-state index in [2.05, 4.69) is 4.99 Å². The highest BCUT2D eigenvalue weighted by Crippen LogP contribution is 2.24. The van der Waals surface area contributed by atoms with Crippen molar-refractivity contribution in [3.8, 4) is 0 Å². The Labute approximate surface area is 187 Å². The number of hydrogen-bond donors (Lipinski definition) is 0. The lowest BCUT2D eigenvalue weighted by Crippen LogP contribution is -2.56. The van der Waals surface area contributed by atoms with E-state index in [4.69, 9.17) is 4.74 Å². The van der Waals surface area contributed by atoms with E-state index in [0.717, 1.165) is 16.8 Å². The molecule has 1 unspecified atom stereocenters. The van der Waals surface area contributed by atoms with E-state index < -0.39 is 5.60 Å². The van der Waals surface area contributed by atoms with Crippen molar-refractivity contribution in [2.75, 3.05) is 19.6 Å². The number of hydrogen-bond acceptors (Lipinski definition) is 4. The lowest BCUT2D eigenvalue weighted by molar-refractivity contribution is -0.315. The second-order valence-corrected chi connectivity index (χ2v) is 9.31. The van der Waals surface area contributed by atoms with Crippen molar-refractivity contribution in [2.45, 2.75) is 46.3 Å². The van der Waals surface area contributed by atoms with Crippen LogP contribution in [0.1, 0.15) is 40.2 Å². The van der Waals surface area contributed by atoms with E-state index in [9.17, 15) is 14.0 Å². The van der Waals surface area contributed by atoms with Gasteiger partial charge in [0.15, 0.2) is 6.20 Å². The lowest BCUT2D eigenvalue weighted by atomic mass is 10.1. The second kappa shape index (κ2) is 8.00. The quantitative estimate of drug-likeness (QED) is 0.664. The molecule has 3 aliphatic heterocycles. The Morgan fingerprint density at radius 1 is 1.19 bits per heavy atom. The Kier molecular flexibility index (Phi) is 5.48. The van der Waals surface area contributed by atoms with Crippen LogP contribution in [0.2, 0.25) is 0 Å². The van der Waals surface area contributed by atoms with E-state index >= 15 is 0 Å². The summed E-state index contributed by atoms with van der Waals surface area (Å²) in [5.41, 5.74) is 2.43. The number of carbonyl (C=O) groups is 2. The number of benzene rings is 1. The predicted molar refractivity (Wildman–Crippen MR) is 119 cm³/mol. The molecule has 0 radical (unpaired) electrons. The summed E-state index contributed by atoms with van der Waals surface area (Å²) in [6.45, 7) is 10.6. The van der Waals surface area contributed by atoms with Gasteiger partial charge in [-0.1, -0.05) is 0 Å². The summed E-state index contributed by atoms with van der Waals surface area (Å²) in [6.07, 6.45) is 3.34. The SMILES string of the molecule is CC1=CC(c2ccc(F)cc2)=[N+]2C=C(C(=O)N3CCN(C(=O)OC(C)(C)C)C(C)C3)N=C12. The normalized spacial score (nSPS) is 20.7. The lowest BCUT2D eigenvalue weighted by Gasteiger charge is -2.39. The van der Waals surface area contributed by atoms with Crippen LogP contribution in [0.15, 0.2) is 52.8 Å². The molecule has 0 N–H and O–H groups in total. The van der Waals surface area contributed by atoms with Gasteiger partial charge in [0.1, 0.15) is 17.1 Å². The summed E-state index contributed by atoms with van der Waals surface area (Å²) in [5, 5.41) is 0. The standard InChI is InChI=1S/C24H28FN4O3/c1-15-12-20(17-6-8-18(25)9-7-17)29-14-19(26-21(15)29)22(30)27-10-11-28(16(2)13-27)23(31)32-24(3,4)5/h6-9,12,14,16H,10-11,13H2,1-5H3/q+1. The summed E-state index contributed by atoms with van der Waals surface area (Å²) in [6, 6.07) is 6.08. The van der Waals surface area contributed by atoms with E-state index in [0.29, 0.717) is 31.2 Å². The molecule has 1 fully saturated rings. The van der Waals surface area contributed by atoms with Crippen molar-refractivity contribution in [1.29, 1.82) is 0 Å². The van der Waals surface area contributed by atoms with Gasteiger partial charge in [-0.2, -0.15) is 4.58 Å². The first kappa shape index (κ1) is 21.9. The molecule has 3 heterocycles. The zero-order valence-electron chi connectivity index (χ0n) is 19.1. The number of carbonyl (C=O) groups excluding carboxylic acids is 2. The fourth-order valence-corrected chi connectivity index (χ4v) is 4.02. The van der Waals surface area contributed by atoms with Crippen molar-refractivity contribution in [2.24, 2.45) is 4.99 Å². The van der Waals surface area contributed by atoms with Crippen LogP contribution in [0, 0.1) is 5.82 Å². The van der Waals surface area contributed by atoms with Crippen molar-refractivity contribution in [1.82, 2.24) is 9.80 Å². The van der Waals surface area contributed by atoms with Gasteiger partial charge in [-0.25, -0.2) is 9.18 Å². The molecule has 32 heavy (non-hydrogen) atoms. The first-order chi connectivity index (χ1) is 15.0. The third-order valence-electron chi connectivity index (χ3n) is 5.57. The number of rotatable bonds is 2. The molecular formula is C24H28FN4O3+. The highest BCUT2D eigenvalue weighted by atomic mass is 19.1. The zero-order chi connectivity index (χ0) is 23.2. The average molecular weight is 440 g/mol. The van der Waals surface area contributed by atoms with Gasteiger partial charge in [-0.3, -0.25) is 4.79 Å². The fraction of sp³-hybridized carbons (Fsp3) is 0.417. The number of fused-ring (bicyclic) bond motifs is 1. The Morgan fingerprint density at radius 2 is 1.88 bits per heavy atom. The summed E-state index contributed by atoms with van der Waals surface area (Å²) in [7, 11) is 0. The molecule has 4 rings (SSSR count). The minimum atomic E-state index is -0.565. The molecule has 8 heteroatoms. The number of aliphatic imine (C=N–C) groups is 1. The third kappa shape index (κ3) is 4.22. The molecule has 0 bridgehead atoms. The molecule has 1 atom stereocenters. The molecule has 0 spiro atoms. The monoisotopic (exact) mass is 439 g/mol. The highest BCUT2D eigenvalue weighted by Gasteiger charge is 2.40. The summed E-state index contributed by atoms with van der Waals surface area (Å²) < 4.78 is 20.7. The molecule has 0 aromatic heterocycles. The summed E-state index contributed by atoms with van der Waals surface area (Å²) in [4.78, 5) is 33.6. The van der Waals surface area contributed by atoms with Crippen molar-refractivity contribution in [3.63, 3.8) is 0 Å². The smallest absolute Gasteiger partial charge is 0.410 e. The molecule has 0 aliphatic carbocycles. The van der Waals surface area contributed by atoms with E-state index in [1.54, 1.807) is 28.1 Å². The average Bonchev–Trinajstić information content (AvgIpc) is 3.27. The van der Waals surface area contributed by atoms with Crippen LogP contribution in [-0.2, 0) is 9.53 Å². The van der Waals surface area contributed by atoms with Crippen molar-refractivity contribution >= 4 is 23.5 Å². The third-order valence-corrected chi connectivity index (χ3v) is 5.57. The van der Waals surface area contributed by atoms with Gasteiger partial charge in [0.25, 0.3) is 5.70 Å². The number of ether oxygens (including phenoxy) is 1. The van der Waals surface area contributed by atoms with Gasteiger partial charge in [0.2, 0.25) is 0 Å². The molecule has 3 aliphatic rings. The van der Waals surface area contributed by atoms with Gasteiger partial charge in [0.05, 0.1) is 0 Å². The molecule has 2 amide bonds. The Bertz CT molecular complexity index is 1090. The van der Waals surface area contributed by atoms with Crippen LogP contribution in [0.5, 0.6) is 0 Å². The highest BCUT2D eigenvalue weighted by molar-refractivity contribution is 6.18. The maximum Gasteiger partial charge on any atom is 0.410 e. The van der Waals surface area contributed by atoms with E-state index in [-0.39, 0.29) is 23.9 Å². The van der Waals surface area contributed by atoms with E-state index in [1.165, 1.54) is 12.1 Å². The molecule has 168 valence electrons. The molecule has 0 saturated carbocycles. The van der Waals surface area contributed by atoms with E-state index in [1.807, 2.05) is 45.3 Å². The first-order valence-corrected chi connectivity index (χ1v) is 10.7. The summed E-state index contributed by atoms with van der Waals surface area (Å²) >= 11 is 0. The topological polar surface area (TPSA) is 65.2 Å². The largest absolute Gasteiger partial charge is 0.444 e. The molecule has 1 aromatic rings. The van der Waals surface area contributed by atoms with Crippen LogP contribution in [0.25, 0.3) is 0 Å². The Balaban J connectivity index is 1.50. The van der Waals surface area contributed by atoms with Crippen LogP contribution in [-0.4, -0.2) is 69.2 Å². The van der Waals surface area contributed by atoms with Crippen LogP contribution >= 0.6 is 0 Å². The fourth-order valence-electron chi connectivity index (χ4n) is 4.02. The number of amidine groups is 1. The predicted octanol–water partition coefficient (Wildman–Crippen LogP) is 3.31. The van der Waals surface area contributed by atoms with Crippen LogP contribution in [0.4, 0.5) is 9.18 Å². The second-order valence-electron chi connectivity index (χ2n) is 9.31. The maximum absolute atomic E-state index is 13.3. The van der Waals surface area contributed by atoms with Gasteiger partial charge < -0.3 is 14.5 Å². The number of amides is 2. The van der Waals surface area contributed by atoms with Gasteiger partial charge >= 0.3 is 17.8 Å². The summed E-state index contributed by atoms with van der Waals surface area (Å²) in [5.74, 6) is 0.233. The molecular weight excluding hydrogens is 411 g/mol. The van der Waals surface area contributed by atoms with Crippen LogP contribution < -0.4 is 0 Å². The molecule has 1 aromatic carbocycles. The molecule has 1 saturated heterocycles. The number of nitrogens with zero attached hydrogens (tertiary/aromatic N) is 4. The molecule has 7 nitrogen and oxygen atoms in total. The Hall–Kier alpha value is -3.29. The maximum atomic E-state index is 13.3. The Morgan fingerprint density at radius 3 is 2.50 bits per heavy atom. The zero-order valence-corrected chi connectivity index (χ0v) is 19.1.